The fourth-order valence-corrected chi connectivity index (χ4v) is 2.89. The summed E-state index contributed by atoms with van der Waals surface area (Å²) in [6.45, 7) is 3.43. The van der Waals surface area contributed by atoms with Crippen molar-refractivity contribution in [2.24, 2.45) is 0 Å². The number of aliphatic hydroxyl groups is 1. The molecule has 0 aliphatic carbocycles. The van der Waals surface area contributed by atoms with Crippen molar-refractivity contribution >= 4 is 11.8 Å². The number of aliphatic hydroxyl groups excluding tert-OH is 1. The summed E-state index contributed by atoms with van der Waals surface area (Å²) in [6.07, 6.45) is 6.61. The molecule has 1 aromatic carbocycles. The minimum absolute atomic E-state index is 0.317. The second-order valence-corrected chi connectivity index (χ2v) is 5.86. The number of likely N-dealkylation sites (tertiary alicyclic amines) is 1. The van der Waals surface area contributed by atoms with Crippen molar-refractivity contribution in [3.63, 3.8) is 0 Å². The monoisotopic (exact) mass is 265 g/mol. The Bertz CT molecular complexity index is 346. The van der Waals surface area contributed by atoms with Gasteiger partial charge in [-0.05, 0) is 56.3 Å². The van der Waals surface area contributed by atoms with Gasteiger partial charge >= 0.3 is 0 Å². The van der Waals surface area contributed by atoms with Crippen LogP contribution in [0.3, 0.4) is 0 Å². The summed E-state index contributed by atoms with van der Waals surface area (Å²) < 4.78 is 0. The molecule has 0 radical (unpaired) electrons. The third kappa shape index (κ3) is 4.01. The number of hydrogen-bond donors (Lipinski definition) is 1. The Kier molecular flexibility index (Phi) is 5.54. The molecule has 1 N–H and O–H groups in total. The van der Waals surface area contributed by atoms with Crippen molar-refractivity contribution in [2.75, 3.05) is 25.9 Å². The average Bonchev–Trinajstić information content (AvgIpc) is 2.46. The highest BCUT2D eigenvalue weighted by molar-refractivity contribution is 7.98. The maximum atomic E-state index is 10.2. The molecule has 1 atom stereocenters. The van der Waals surface area contributed by atoms with Crippen LogP contribution in [0.25, 0.3) is 0 Å². The number of piperidine rings is 1. The predicted molar refractivity (Wildman–Crippen MR) is 78.1 cm³/mol. The lowest BCUT2D eigenvalue weighted by atomic mass is 10.1. The molecular formula is C15H23NOS. The molecule has 0 aromatic heterocycles. The van der Waals surface area contributed by atoms with Crippen LogP contribution in [0.5, 0.6) is 0 Å². The first-order valence-corrected chi connectivity index (χ1v) is 8.06. The lowest BCUT2D eigenvalue weighted by Crippen LogP contribution is -2.31. The Hall–Kier alpha value is -0.510. The van der Waals surface area contributed by atoms with Gasteiger partial charge in [0.1, 0.15) is 0 Å². The molecule has 0 bridgehead atoms. The Morgan fingerprint density at radius 3 is 2.44 bits per heavy atom. The van der Waals surface area contributed by atoms with E-state index in [-0.39, 0.29) is 6.10 Å². The van der Waals surface area contributed by atoms with Crippen LogP contribution in [0, 0.1) is 0 Å². The van der Waals surface area contributed by atoms with Crippen LogP contribution >= 0.6 is 11.8 Å². The van der Waals surface area contributed by atoms with E-state index in [1.807, 2.05) is 12.1 Å². The maximum Gasteiger partial charge on any atom is 0.0802 e. The average molecular weight is 265 g/mol. The van der Waals surface area contributed by atoms with Gasteiger partial charge in [0.25, 0.3) is 0 Å². The van der Waals surface area contributed by atoms with E-state index in [2.05, 4.69) is 23.3 Å². The lowest BCUT2D eigenvalue weighted by Gasteiger charge is -2.27. The topological polar surface area (TPSA) is 23.5 Å². The van der Waals surface area contributed by atoms with Crippen molar-refractivity contribution in [2.45, 2.75) is 36.7 Å². The van der Waals surface area contributed by atoms with Gasteiger partial charge < -0.3 is 10.0 Å². The van der Waals surface area contributed by atoms with Gasteiger partial charge in [-0.2, -0.15) is 0 Å². The van der Waals surface area contributed by atoms with Crippen LogP contribution < -0.4 is 0 Å². The van der Waals surface area contributed by atoms with Gasteiger partial charge in [0.2, 0.25) is 0 Å². The van der Waals surface area contributed by atoms with Crippen LogP contribution in [0.4, 0.5) is 0 Å². The van der Waals surface area contributed by atoms with E-state index in [1.54, 1.807) is 11.8 Å². The van der Waals surface area contributed by atoms with Gasteiger partial charge in [0.15, 0.2) is 0 Å². The van der Waals surface area contributed by atoms with Gasteiger partial charge in [0.05, 0.1) is 6.10 Å². The van der Waals surface area contributed by atoms with E-state index < -0.39 is 0 Å². The quantitative estimate of drug-likeness (QED) is 0.826. The number of thioether (sulfide) groups is 1. The summed E-state index contributed by atoms with van der Waals surface area (Å²) in [5, 5.41) is 10.2. The van der Waals surface area contributed by atoms with Gasteiger partial charge in [-0.3, -0.25) is 0 Å². The molecule has 1 saturated heterocycles. The van der Waals surface area contributed by atoms with Crippen molar-refractivity contribution in [1.82, 2.24) is 4.90 Å². The molecule has 1 fully saturated rings. The third-order valence-electron chi connectivity index (χ3n) is 3.67. The van der Waals surface area contributed by atoms with E-state index >= 15 is 0 Å². The number of nitrogens with zero attached hydrogens (tertiary/aromatic N) is 1. The number of hydrogen-bond acceptors (Lipinski definition) is 3. The zero-order valence-corrected chi connectivity index (χ0v) is 12.0. The van der Waals surface area contributed by atoms with Crippen molar-refractivity contribution in [3.05, 3.63) is 29.8 Å². The van der Waals surface area contributed by atoms with Crippen molar-refractivity contribution in [1.29, 1.82) is 0 Å². The van der Waals surface area contributed by atoms with E-state index in [4.69, 9.17) is 0 Å². The molecule has 1 aliphatic heterocycles. The molecule has 3 heteroatoms. The first kappa shape index (κ1) is 13.9. The Labute approximate surface area is 114 Å². The summed E-state index contributed by atoms with van der Waals surface area (Å²) in [5.74, 6) is 0. The molecule has 0 saturated carbocycles. The summed E-state index contributed by atoms with van der Waals surface area (Å²) in [5.41, 5.74) is 1.05. The van der Waals surface area contributed by atoms with E-state index in [9.17, 15) is 5.11 Å². The molecule has 100 valence electrons. The van der Waals surface area contributed by atoms with Crippen molar-refractivity contribution < 1.29 is 5.11 Å². The molecule has 0 amide bonds. The normalized spacial score (nSPS) is 18.8. The SMILES string of the molecule is CSc1ccc(C(O)CCN2CCCCC2)cc1. The summed E-state index contributed by atoms with van der Waals surface area (Å²) in [6, 6.07) is 8.27. The van der Waals surface area contributed by atoms with Gasteiger partial charge in [0, 0.05) is 11.4 Å². The second-order valence-electron chi connectivity index (χ2n) is 4.98. The molecule has 1 heterocycles. The lowest BCUT2D eigenvalue weighted by molar-refractivity contribution is 0.134. The smallest absolute Gasteiger partial charge is 0.0802 e. The highest BCUT2D eigenvalue weighted by atomic mass is 32.2. The maximum absolute atomic E-state index is 10.2. The zero-order valence-electron chi connectivity index (χ0n) is 11.1. The fraction of sp³-hybridized carbons (Fsp3) is 0.600. The zero-order chi connectivity index (χ0) is 12.8. The Morgan fingerprint density at radius 2 is 1.83 bits per heavy atom. The minimum atomic E-state index is -0.317. The summed E-state index contributed by atoms with van der Waals surface area (Å²) in [7, 11) is 0. The van der Waals surface area contributed by atoms with Crippen LogP contribution in [0.1, 0.15) is 37.4 Å². The molecule has 18 heavy (non-hydrogen) atoms. The largest absolute Gasteiger partial charge is 0.388 e. The van der Waals surface area contributed by atoms with Gasteiger partial charge in [-0.15, -0.1) is 11.8 Å². The first-order chi connectivity index (χ1) is 8.79. The third-order valence-corrected chi connectivity index (χ3v) is 4.41. The molecule has 2 nitrogen and oxygen atoms in total. The predicted octanol–water partition coefficient (Wildman–Crippen LogP) is 3.32. The van der Waals surface area contributed by atoms with Crippen LogP contribution in [-0.4, -0.2) is 35.9 Å². The highest BCUT2D eigenvalue weighted by Crippen LogP contribution is 2.21. The summed E-state index contributed by atoms with van der Waals surface area (Å²) >= 11 is 1.74. The highest BCUT2D eigenvalue weighted by Gasteiger charge is 2.13. The molecule has 0 spiro atoms. The van der Waals surface area contributed by atoms with Crippen molar-refractivity contribution in [3.8, 4) is 0 Å². The molecular weight excluding hydrogens is 242 g/mol. The first-order valence-electron chi connectivity index (χ1n) is 6.84. The van der Waals surface area contributed by atoms with Gasteiger partial charge in [-0.1, -0.05) is 18.6 Å². The van der Waals surface area contributed by atoms with Crippen LogP contribution in [-0.2, 0) is 0 Å². The Morgan fingerprint density at radius 1 is 1.17 bits per heavy atom. The van der Waals surface area contributed by atoms with E-state index in [0.29, 0.717) is 0 Å². The van der Waals surface area contributed by atoms with Crippen LogP contribution in [0.15, 0.2) is 29.2 Å². The standard InChI is InChI=1S/C15H23NOS/c1-18-14-7-5-13(6-8-14)15(17)9-12-16-10-3-2-4-11-16/h5-8,15,17H,2-4,9-12H2,1H3. The minimum Gasteiger partial charge on any atom is -0.388 e. The van der Waals surface area contributed by atoms with Crippen LogP contribution in [0.2, 0.25) is 0 Å². The second kappa shape index (κ2) is 7.17. The molecule has 1 aromatic rings. The van der Waals surface area contributed by atoms with E-state index in [0.717, 1.165) is 18.5 Å². The Balaban J connectivity index is 1.80. The molecule has 1 aliphatic rings. The fourth-order valence-electron chi connectivity index (χ4n) is 2.48. The molecule has 1 unspecified atom stereocenters. The molecule has 2 rings (SSSR count). The number of benzene rings is 1. The number of rotatable bonds is 5. The summed E-state index contributed by atoms with van der Waals surface area (Å²) in [4.78, 5) is 3.73. The van der Waals surface area contributed by atoms with E-state index in [1.165, 1.54) is 37.2 Å². The van der Waals surface area contributed by atoms with Gasteiger partial charge in [-0.25, -0.2) is 0 Å².